The summed E-state index contributed by atoms with van der Waals surface area (Å²) in [6, 6.07) is -0.919. The van der Waals surface area contributed by atoms with Gasteiger partial charge in [0.15, 0.2) is 4.34 Å². The molecule has 2 fully saturated rings. The number of carboxylic acids is 1. The molecule has 2 saturated heterocycles. The molecule has 3 aliphatic heterocycles. The number of β-lactam (4-membered cyclic amide) rings is 1. The van der Waals surface area contributed by atoms with Crippen molar-refractivity contribution >= 4 is 58.6 Å². The number of primary amides is 1. The Hall–Kier alpha value is -1.12. The minimum Gasteiger partial charge on any atom is -1.00 e. The molecule has 4 rings (SSSR count). The zero-order valence-corrected chi connectivity index (χ0v) is 21.4. The molecule has 0 aliphatic carbocycles. The van der Waals surface area contributed by atoms with Crippen LogP contribution >= 0.6 is 34.9 Å². The molecule has 0 unspecified atom stereocenters. The Morgan fingerprint density at radius 3 is 2.68 bits per heavy atom. The van der Waals surface area contributed by atoms with Crippen molar-refractivity contribution in [2.75, 3.05) is 23.8 Å². The maximum atomic E-state index is 12.8. The van der Waals surface area contributed by atoms with Crippen LogP contribution in [0.4, 0.5) is 0 Å². The number of carboxylic acid groups (broad SMARTS) is 1. The molecule has 10 nitrogen and oxygen atoms in total. The average molecular weight is 494 g/mol. The van der Waals surface area contributed by atoms with Crippen molar-refractivity contribution in [2.24, 2.45) is 11.7 Å². The first kappa shape index (κ1) is 24.5. The van der Waals surface area contributed by atoms with Gasteiger partial charge in [-0.2, -0.15) is 0 Å². The summed E-state index contributed by atoms with van der Waals surface area (Å²) in [5.41, 5.74) is 5.80. The molecule has 162 valence electrons. The molecular formula is C17H20N5NaO5S3. The van der Waals surface area contributed by atoms with Gasteiger partial charge in [-0.05, 0) is 18.9 Å². The molecule has 3 amide bonds. The van der Waals surface area contributed by atoms with E-state index < -0.39 is 17.9 Å². The van der Waals surface area contributed by atoms with Gasteiger partial charge in [-0.3, -0.25) is 19.3 Å². The molecule has 3 atom stereocenters. The van der Waals surface area contributed by atoms with Crippen LogP contribution in [0.25, 0.3) is 0 Å². The molecule has 1 aromatic rings. The van der Waals surface area contributed by atoms with E-state index in [4.69, 9.17) is 5.73 Å². The van der Waals surface area contributed by atoms with Crippen molar-refractivity contribution in [2.45, 2.75) is 29.8 Å². The molecule has 3 aliphatic rings. The number of nitrogens with zero attached hydrogens (tertiary/aromatic N) is 4. The Balaban J connectivity index is 0.00000181. The van der Waals surface area contributed by atoms with Gasteiger partial charge in [0.1, 0.15) is 16.7 Å². The zero-order chi connectivity index (χ0) is 21.6. The van der Waals surface area contributed by atoms with E-state index in [0.717, 1.165) is 21.1 Å². The molecular weight excluding hydrogens is 473 g/mol. The van der Waals surface area contributed by atoms with Crippen LogP contribution in [-0.2, 0) is 19.2 Å². The standard InChI is InChI=1S/C17H19N5O5S3.Na.H/c1-7-19-20-17(30-7)29-4-9-2-8-3-21(11(24)6-28-5-10(18)23)14-12(8)22(15(14)25)13(9)16(26)27;;/h8,12,14H,2-6H2,1H3,(H2,18,23)(H,26,27);;/q;+1;-1/t8-,12-,14+;;/m1../s1. The molecule has 0 saturated carbocycles. The molecule has 14 heteroatoms. The van der Waals surface area contributed by atoms with Gasteiger partial charge >= 0.3 is 35.5 Å². The monoisotopic (exact) mass is 493 g/mol. The van der Waals surface area contributed by atoms with Crippen molar-refractivity contribution in [3.63, 3.8) is 0 Å². The third-order valence-electron chi connectivity index (χ3n) is 5.32. The predicted octanol–water partition coefficient (Wildman–Crippen LogP) is -2.95. The van der Waals surface area contributed by atoms with Crippen LogP contribution in [0.2, 0.25) is 0 Å². The van der Waals surface area contributed by atoms with Gasteiger partial charge in [0.2, 0.25) is 11.8 Å². The summed E-state index contributed by atoms with van der Waals surface area (Å²) in [6.45, 7) is 2.24. The summed E-state index contributed by atoms with van der Waals surface area (Å²) >= 11 is 3.95. The van der Waals surface area contributed by atoms with Crippen LogP contribution in [0.1, 0.15) is 12.9 Å². The normalized spacial score (nSPS) is 23.9. The molecule has 31 heavy (non-hydrogen) atoms. The number of carbonyl (C=O) groups is 4. The number of likely N-dealkylation sites (tertiary alicyclic amines) is 1. The van der Waals surface area contributed by atoms with Crippen molar-refractivity contribution in [3.8, 4) is 0 Å². The van der Waals surface area contributed by atoms with E-state index in [1.807, 2.05) is 6.92 Å². The Labute approximate surface area is 214 Å². The van der Waals surface area contributed by atoms with E-state index >= 15 is 0 Å². The number of amides is 3. The predicted molar refractivity (Wildman–Crippen MR) is 112 cm³/mol. The fourth-order valence-electron chi connectivity index (χ4n) is 4.23. The third-order valence-corrected chi connectivity index (χ3v) is 8.31. The number of thioether (sulfide) groups is 2. The second-order valence-corrected chi connectivity index (χ2v) is 10.6. The molecule has 4 heterocycles. The quantitative estimate of drug-likeness (QED) is 0.220. The average Bonchev–Trinajstić information content (AvgIpc) is 3.26. The van der Waals surface area contributed by atoms with Gasteiger partial charge in [-0.1, -0.05) is 23.1 Å². The molecule has 0 bridgehead atoms. The van der Waals surface area contributed by atoms with Crippen molar-refractivity contribution < 1.29 is 55.3 Å². The molecule has 0 spiro atoms. The SMILES string of the molecule is Cc1nnc(SCC2=C(C(=O)O)N3C(=O)[C@@H]4[C@H]3[C@H](C2)CN4C(=O)CSCC(N)=O)s1.[H-].[Na+]. The minimum absolute atomic E-state index is 0. The Morgan fingerprint density at radius 1 is 1.32 bits per heavy atom. The van der Waals surface area contributed by atoms with Crippen LogP contribution < -0.4 is 35.3 Å². The summed E-state index contributed by atoms with van der Waals surface area (Å²) in [5.74, 6) is -1.74. The summed E-state index contributed by atoms with van der Waals surface area (Å²) in [6.07, 6.45) is 0.509. The third kappa shape index (κ3) is 4.67. The Bertz CT molecular complexity index is 976. The van der Waals surface area contributed by atoms with Crippen LogP contribution in [0.15, 0.2) is 15.6 Å². The fourth-order valence-corrected chi connectivity index (χ4v) is 6.71. The molecule has 1 aromatic heterocycles. The van der Waals surface area contributed by atoms with Gasteiger partial charge in [-0.15, -0.1) is 22.0 Å². The van der Waals surface area contributed by atoms with Crippen LogP contribution in [0.3, 0.4) is 0 Å². The van der Waals surface area contributed by atoms with Crippen LogP contribution in [-0.4, -0.2) is 84.7 Å². The first-order valence-electron chi connectivity index (χ1n) is 9.14. The number of aromatic nitrogens is 2. The van der Waals surface area contributed by atoms with E-state index in [-0.39, 0.29) is 72.0 Å². The Kier molecular flexibility index (Phi) is 7.75. The van der Waals surface area contributed by atoms with Gasteiger partial charge in [0, 0.05) is 18.2 Å². The topological polar surface area (TPSA) is 147 Å². The van der Waals surface area contributed by atoms with E-state index in [1.54, 1.807) is 0 Å². The number of rotatable bonds is 8. The van der Waals surface area contributed by atoms with Gasteiger partial charge < -0.3 is 17.2 Å². The second kappa shape index (κ2) is 9.79. The van der Waals surface area contributed by atoms with Gasteiger partial charge in [0.05, 0.1) is 17.5 Å². The second-order valence-electron chi connectivity index (χ2n) is 7.25. The van der Waals surface area contributed by atoms with Crippen molar-refractivity contribution in [1.29, 1.82) is 0 Å². The minimum atomic E-state index is -1.13. The fraction of sp³-hybridized carbons (Fsp3) is 0.529. The number of hydrogen-bond acceptors (Lipinski definition) is 9. The van der Waals surface area contributed by atoms with Crippen LogP contribution in [0, 0.1) is 12.8 Å². The first-order chi connectivity index (χ1) is 14.3. The largest absolute Gasteiger partial charge is 1.00 e. The van der Waals surface area contributed by atoms with E-state index in [2.05, 4.69) is 10.2 Å². The summed E-state index contributed by atoms with van der Waals surface area (Å²) in [4.78, 5) is 51.1. The van der Waals surface area contributed by atoms with E-state index in [0.29, 0.717) is 24.3 Å². The first-order valence-corrected chi connectivity index (χ1v) is 12.1. The number of nitrogens with two attached hydrogens (primary N) is 1. The van der Waals surface area contributed by atoms with E-state index in [1.165, 1.54) is 32.9 Å². The number of aryl methyl sites for hydroxylation is 1. The van der Waals surface area contributed by atoms with Gasteiger partial charge in [0.25, 0.3) is 5.91 Å². The van der Waals surface area contributed by atoms with Crippen molar-refractivity contribution in [1.82, 2.24) is 20.0 Å². The Morgan fingerprint density at radius 2 is 2.06 bits per heavy atom. The summed E-state index contributed by atoms with van der Waals surface area (Å²) in [7, 11) is 0. The van der Waals surface area contributed by atoms with Crippen LogP contribution in [0.5, 0.6) is 0 Å². The maximum Gasteiger partial charge on any atom is 1.00 e. The molecule has 3 N–H and O–H groups in total. The zero-order valence-electron chi connectivity index (χ0n) is 17.9. The number of carbonyl (C=O) groups excluding carboxylic acids is 3. The maximum absolute atomic E-state index is 12.8. The smallest absolute Gasteiger partial charge is 1.00 e. The van der Waals surface area contributed by atoms with Crippen molar-refractivity contribution in [3.05, 3.63) is 16.3 Å². The summed E-state index contributed by atoms with van der Waals surface area (Å²) < 4.78 is 0.745. The van der Waals surface area contributed by atoms with E-state index in [9.17, 15) is 24.3 Å². The number of aliphatic carboxylic acids is 1. The molecule has 0 aromatic carbocycles. The molecule has 0 radical (unpaired) electrons. The van der Waals surface area contributed by atoms with Gasteiger partial charge in [-0.25, -0.2) is 4.79 Å². The number of hydrogen-bond donors (Lipinski definition) is 2. The summed E-state index contributed by atoms with van der Waals surface area (Å²) in [5, 5.41) is 18.6.